The molecule has 2 bridgehead atoms. The van der Waals surface area contributed by atoms with Gasteiger partial charge in [0.05, 0.1) is 17.9 Å². The summed E-state index contributed by atoms with van der Waals surface area (Å²) in [6, 6.07) is 8.83. The number of rotatable bonds is 10. The van der Waals surface area contributed by atoms with Gasteiger partial charge in [-0.1, -0.05) is 43.7 Å². The van der Waals surface area contributed by atoms with E-state index in [-0.39, 0.29) is 43.0 Å². The lowest BCUT2D eigenvalue weighted by molar-refractivity contribution is -0.142. The summed E-state index contributed by atoms with van der Waals surface area (Å²) in [5.41, 5.74) is -0.00348. The van der Waals surface area contributed by atoms with E-state index in [4.69, 9.17) is 4.74 Å². The van der Waals surface area contributed by atoms with Crippen LogP contribution in [0.2, 0.25) is 0 Å². The Morgan fingerprint density at radius 2 is 2.03 bits per heavy atom. The average Bonchev–Trinajstić information content (AvgIpc) is 3.44. The fourth-order valence-corrected chi connectivity index (χ4v) is 5.97. The molecule has 0 aliphatic carbocycles. The van der Waals surface area contributed by atoms with Crippen LogP contribution in [0.1, 0.15) is 51.5 Å². The van der Waals surface area contributed by atoms with Gasteiger partial charge in [0, 0.05) is 25.7 Å². The number of carbonyl (C=O) groups excluding carboxylic acids is 3. The number of likely N-dealkylation sites (tertiary alicyclic amines) is 1. The Morgan fingerprint density at radius 3 is 2.73 bits per heavy atom. The van der Waals surface area contributed by atoms with Crippen LogP contribution >= 0.6 is 0 Å². The van der Waals surface area contributed by atoms with Crippen molar-refractivity contribution in [1.82, 2.24) is 15.5 Å². The lowest BCUT2D eigenvalue weighted by atomic mass is 9.70. The third kappa shape index (κ3) is 4.26. The van der Waals surface area contributed by atoms with Crippen LogP contribution < -0.4 is 10.6 Å². The molecule has 1 spiro atoms. The number of hydrogen-bond donors (Lipinski definition) is 3. The lowest BCUT2D eigenvalue weighted by Crippen LogP contribution is -2.56. The van der Waals surface area contributed by atoms with Gasteiger partial charge in [-0.15, -0.1) is 0 Å². The molecule has 3 aliphatic rings. The van der Waals surface area contributed by atoms with Crippen molar-refractivity contribution in [2.75, 3.05) is 13.2 Å². The predicted octanol–water partition coefficient (Wildman–Crippen LogP) is 1.36. The molecule has 0 aromatic heterocycles. The Morgan fingerprint density at radius 1 is 1.27 bits per heavy atom. The fraction of sp³-hybridized carbons (Fsp3) is 0.640. The minimum Gasteiger partial charge on any atom is -0.396 e. The third-order valence-corrected chi connectivity index (χ3v) is 7.33. The van der Waals surface area contributed by atoms with E-state index < -0.39 is 23.5 Å². The van der Waals surface area contributed by atoms with E-state index in [2.05, 4.69) is 17.6 Å². The van der Waals surface area contributed by atoms with Crippen LogP contribution in [0, 0.1) is 11.8 Å². The highest BCUT2D eigenvalue weighted by molar-refractivity contribution is 5.99. The predicted molar refractivity (Wildman–Crippen MR) is 122 cm³/mol. The summed E-state index contributed by atoms with van der Waals surface area (Å²) < 4.78 is 6.38. The summed E-state index contributed by atoms with van der Waals surface area (Å²) in [6.07, 6.45) is 3.01. The summed E-state index contributed by atoms with van der Waals surface area (Å²) >= 11 is 0. The Kier molecular flexibility index (Phi) is 7.05. The minimum atomic E-state index is -0.984. The van der Waals surface area contributed by atoms with Crippen molar-refractivity contribution in [2.45, 2.75) is 76.3 Å². The average molecular weight is 458 g/mol. The van der Waals surface area contributed by atoms with E-state index in [9.17, 15) is 19.5 Å². The molecule has 1 aromatic rings. The van der Waals surface area contributed by atoms with Gasteiger partial charge in [0.15, 0.2) is 0 Å². The molecule has 180 valence electrons. The number of benzene rings is 1. The Labute approximate surface area is 195 Å². The van der Waals surface area contributed by atoms with Crippen molar-refractivity contribution >= 4 is 17.7 Å². The van der Waals surface area contributed by atoms with Crippen LogP contribution in [0.5, 0.6) is 0 Å². The molecule has 4 rings (SSSR count). The topological polar surface area (TPSA) is 108 Å². The normalized spacial score (nSPS) is 30.9. The van der Waals surface area contributed by atoms with Crippen molar-refractivity contribution in [1.29, 1.82) is 0 Å². The Bertz CT molecular complexity index is 878. The summed E-state index contributed by atoms with van der Waals surface area (Å²) in [7, 11) is 0. The molecule has 3 amide bonds. The van der Waals surface area contributed by atoms with Gasteiger partial charge in [0.1, 0.15) is 11.6 Å². The minimum absolute atomic E-state index is 0.0173. The molecule has 3 saturated heterocycles. The molecule has 3 heterocycles. The summed E-state index contributed by atoms with van der Waals surface area (Å²) in [6.45, 7) is 4.58. The molecule has 3 aliphatic heterocycles. The standard InChI is InChI=1S/C25H35N3O5/c1-3-8-16(2)27-23(31)21-25-12-11-18(33-25)19(20(25)24(32)28(21)13-7-14-29)22(30)26-15-17-9-5-4-6-10-17/h4-6,9-10,16,18-21,29H,3,7-8,11-15H2,1-2H3,(H,26,30)(H,27,31)/t16?,18-,19+,20-,21?,25?/m0/s1. The first-order valence-corrected chi connectivity index (χ1v) is 12.1. The highest BCUT2D eigenvalue weighted by atomic mass is 16.5. The van der Waals surface area contributed by atoms with Gasteiger partial charge < -0.3 is 25.4 Å². The van der Waals surface area contributed by atoms with Crippen LogP contribution in [0.3, 0.4) is 0 Å². The highest BCUT2D eigenvalue weighted by Gasteiger charge is 2.74. The second kappa shape index (κ2) is 9.81. The monoisotopic (exact) mass is 457 g/mol. The number of fused-ring (bicyclic) bond motifs is 1. The lowest BCUT2D eigenvalue weighted by Gasteiger charge is -2.34. The van der Waals surface area contributed by atoms with Gasteiger partial charge in [-0.05, 0) is 38.2 Å². The molecular weight excluding hydrogens is 422 g/mol. The zero-order valence-corrected chi connectivity index (χ0v) is 19.5. The number of aliphatic hydroxyl groups is 1. The molecule has 0 saturated carbocycles. The smallest absolute Gasteiger partial charge is 0.246 e. The van der Waals surface area contributed by atoms with E-state index >= 15 is 0 Å². The first kappa shape index (κ1) is 23.7. The number of amides is 3. The second-order valence-corrected chi connectivity index (χ2v) is 9.57. The maximum atomic E-state index is 13.6. The summed E-state index contributed by atoms with van der Waals surface area (Å²) in [5, 5.41) is 15.4. The molecule has 3 unspecified atom stereocenters. The van der Waals surface area contributed by atoms with Crippen molar-refractivity contribution in [3.05, 3.63) is 35.9 Å². The van der Waals surface area contributed by atoms with Gasteiger partial charge >= 0.3 is 0 Å². The number of hydrogen-bond acceptors (Lipinski definition) is 5. The number of aliphatic hydroxyl groups excluding tert-OH is 1. The van der Waals surface area contributed by atoms with Crippen molar-refractivity contribution in [2.24, 2.45) is 11.8 Å². The van der Waals surface area contributed by atoms with Crippen molar-refractivity contribution in [3.8, 4) is 0 Å². The molecular formula is C25H35N3O5. The van der Waals surface area contributed by atoms with E-state index in [0.29, 0.717) is 25.8 Å². The van der Waals surface area contributed by atoms with Gasteiger partial charge in [-0.25, -0.2) is 0 Å². The van der Waals surface area contributed by atoms with Crippen molar-refractivity contribution in [3.63, 3.8) is 0 Å². The zero-order chi connectivity index (χ0) is 23.6. The number of carbonyl (C=O) groups is 3. The number of nitrogens with one attached hydrogen (secondary N) is 2. The molecule has 8 nitrogen and oxygen atoms in total. The van der Waals surface area contributed by atoms with Gasteiger partial charge in [0.25, 0.3) is 0 Å². The first-order chi connectivity index (χ1) is 15.9. The number of nitrogens with zero attached hydrogens (tertiary/aromatic N) is 1. The summed E-state index contributed by atoms with van der Waals surface area (Å²) in [4.78, 5) is 41.8. The molecule has 33 heavy (non-hydrogen) atoms. The molecule has 3 N–H and O–H groups in total. The molecule has 1 aromatic carbocycles. The van der Waals surface area contributed by atoms with E-state index in [0.717, 1.165) is 18.4 Å². The quantitative estimate of drug-likeness (QED) is 0.492. The highest BCUT2D eigenvalue weighted by Crippen LogP contribution is 2.58. The SMILES string of the molecule is CCCC(C)NC(=O)C1N(CCCO)C(=O)[C@@H]2[C@H](C(=O)NCc3ccccc3)[C@@H]3CCC12O3. The molecule has 0 radical (unpaired) electrons. The van der Waals surface area contributed by atoms with E-state index in [1.54, 1.807) is 4.90 Å². The maximum Gasteiger partial charge on any atom is 0.246 e. The van der Waals surface area contributed by atoms with Crippen LogP contribution in [0.15, 0.2) is 30.3 Å². The molecule has 3 fully saturated rings. The maximum absolute atomic E-state index is 13.6. The second-order valence-electron chi connectivity index (χ2n) is 9.57. The summed E-state index contributed by atoms with van der Waals surface area (Å²) in [5.74, 6) is -1.93. The van der Waals surface area contributed by atoms with Crippen molar-refractivity contribution < 1.29 is 24.2 Å². The molecule has 6 atom stereocenters. The molecule has 8 heteroatoms. The fourth-order valence-electron chi connectivity index (χ4n) is 5.97. The van der Waals surface area contributed by atoms with Gasteiger partial charge in [-0.3, -0.25) is 14.4 Å². The van der Waals surface area contributed by atoms with E-state index in [1.807, 2.05) is 37.3 Å². The van der Waals surface area contributed by atoms with Crippen LogP contribution in [0.25, 0.3) is 0 Å². The first-order valence-electron chi connectivity index (χ1n) is 12.1. The zero-order valence-electron chi connectivity index (χ0n) is 19.5. The largest absolute Gasteiger partial charge is 0.396 e. The van der Waals surface area contributed by atoms with Crippen LogP contribution in [-0.2, 0) is 25.7 Å². The van der Waals surface area contributed by atoms with Gasteiger partial charge in [0.2, 0.25) is 17.7 Å². The van der Waals surface area contributed by atoms with Gasteiger partial charge in [-0.2, -0.15) is 0 Å². The Hall–Kier alpha value is -2.45. The number of ether oxygens (including phenoxy) is 1. The Balaban J connectivity index is 1.57. The van der Waals surface area contributed by atoms with E-state index in [1.165, 1.54) is 0 Å². The van der Waals surface area contributed by atoms with Crippen LogP contribution in [-0.4, -0.2) is 64.7 Å². The van der Waals surface area contributed by atoms with Crippen LogP contribution in [0.4, 0.5) is 0 Å². The third-order valence-electron chi connectivity index (χ3n) is 7.33.